The quantitative estimate of drug-likeness (QED) is 0.686. The second-order valence-corrected chi connectivity index (χ2v) is 7.42. The molecule has 5 heteroatoms. The molecular weight excluding hydrogens is 366 g/mol. The fourth-order valence-corrected chi connectivity index (χ4v) is 3.80. The topological polar surface area (TPSA) is 56.8 Å². The third-order valence-corrected chi connectivity index (χ3v) is 5.63. The lowest BCUT2D eigenvalue weighted by Gasteiger charge is -2.17. The fourth-order valence-electron chi connectivity index (χ4n) is 3.80. The standard InChI is InChI=1S/C24H21NO4/c1-27-20-7-3-5-17(13-20)16-4-2-6-19(12-16)25-23(26)24(10-11-24)18-8-9-21-22(14-18)29-15-28-21/h2-9,12-14H,10-11,15H2,1H3,(H,25,26). The van der Waals surface area contributed by atoms with Crippen molar-refractivity contribution < 1.29 is 19.0 Å². The first-order chi connectivity index (χ1) is 14.2. The van der Waals surface area contributed by atoms with E-state index in [0.717, 1.165) is 46.7 Å². The van der Waals surface area contributed by atoms with Crippen molar-refractivity contribution in [2.45, 2.75) is 18.3 Å². The molecule has 1 fully saturated rings. The smallest absolute Gasteiger partial charge is 0.235 e. The summed E-state index contributed by atoms with van der Waals surface area (Å²) in [6.07, 6.45) is 1.65. The molecule has 0 spiro atoms. The minimum Gasteiger partial charge on any atom is -0.497 e. The molecular formula is C24H21NO4. The van der Waals surface area contributed by atoms with Gasteiger partial charge in [-0.3, -0.25) is 4.79 Å². The molecule has 0 saturated heterocycles. The SMILES string of the molecule is COc1cccc(-c2cccc(NC(=O)C3(c4ccc5c(c4)OCO5)CC3)c2)c1. The zero-order chi connectivity index (χ0) is 19.8. The van der Waals surface area contributed by atoms with Gasteiger partial charge in [0.1, 0.15) is 5.75 Å². The van der Waals surface area contributed by atoms with Crippen molar-refractivity contribution >= 4 is 11.6 Å². The number of methoxy groups -OCH3 is 1. The zero-order valence-electron chi connectivity index (χ0n) is 16.1. The van der Waals surface area contributed by atoms with Crippen molar-refractivity contribution in [3.05, 3.63) is 72.3 Å². The first-order valence-corrected chi connectivity index (χ1v) is 9.64. The molecule has 0 bridgehead atoms. The van der Waals surface area contributed by atoms with Gasteiger partial charge in [0.2, 0.25) is 12.7 Å². The fraction of sp³-hybridized carbons (Fsp3) is 0.208. The number of rotatable bonds is 5. The molecule has 1 saturated carbocycles. The Balaban J connectivity index is 1.38. The number of fused-ring (bicyclic) bond motifs is 1. The summed E-state index contributed by atoms with van der Waals surface area (Å²) < 4.78 is 16.2. The molecule has 1 N–H and O–H groups in total. The highest BCUT2D eigenvalue weighted by molar-refractivity contribution is 6.01. The lowest BCUT2D eigenvalue weighted by Crippen LogP contribution is -2.27. The molecule has 5 nitrogen and oxygen atoms in total. The summed E-state index contributed by atoms with van der Waals surface area (Å²) >= 11 is 0. The second kappa shape index (κ2) is 6.85. The molecule has 1 aliphatic carbocycles. The Kier molecular flexibility index (Phi) is 4.16. The van der Waals surface area contributed by atoms with Gasteiger partial charge in [-0.05, 0) is 65.9 Å². The molecule has 3 aromatic carbocycles. The Labute approximate surface area is 169 Å². The van der Waals surface area contributed by atoms with Crippen LogP contribution in [-0.2, 0) is 10.2 Å². The summed E-state index contributed by atoms with van der Waals surface area (Å²) in [7, 11) is 1.65. The molecule has 3 aromatic rings. The number of carbonyl (C=O) groups is 1. The van der Waals surface area contributed by atoms with Crippen molar-refractivity contribution in [1.29, 1.82) is 0 Å². The molecule has 1 aliphatic heterocycles. The van der Waals surface area contributed by atoms with E-state index in [2.05, 4.69) is 5.32 Å². The highest BCUT2D eigenvalue weighted by atomic mass is 16.7. The average molecular weight is 387 g/mol. The molecule has 0 atom stereocenters. The molecule has 0 aromatic heterocycles. The third kappa shape index (κ3) is 3.18. The highest BCUT2D eigenvalue weighted by Gasteiger charge is 2.51. The summed E-state index contributed by atoms with van der Waals surface area (Å²) in [5.41, 5.74) is 3.32. The Morgan fingerprint density at radius 1 is 0.931 bits per heavy atom. The van der Waals surface area contributed by atoms with Crippen molar-refractivity contribution in [1.82, 2.24) is 0 Å². The van der Waals surface area contributed by atoms with E-state index in [-0.39, 0.29) is 12.7 Å². The number of ether oxygens (including phenoxy) is 3. The van der Waals surface area contributed by atoms with Gasteiger partial charge in [0.15, 0.2) is 11.5 Å². The normalized spacial score (nSPS) is 15.6. The van der Waals surface area contributed by atoms with E-state index in [1.807, 2.05) is 66.7 Å². The number of nitrogens with one attached hydrogen (secondary N) is 1. The minimum absolute atomic E-state index is 0.0131. The van der Waals surface area contributed by atoms with E-state index in [4.69, 9.17) is 14.2 Å². The molecule has 5 rings (SSSR count). The van der Waals surface area contributed by atoms with Crippen LogP contribution < -0.4 is 19.5 Å². The third-order valence-electron chi connectivity index (χ3n) is 5.63. The Bertz CT molecular complexity index is 1090. The number of amides is 1. The Hall–Kier alpha value is -3.47. The van der Waals surface area contributed by atoms with E-state index in [1.165, 1.54) is 0 Å². The predicted molar refractivity (Wildman–Crippen MR) is 111 cm³/mol. The monoisotopic (exact) mass is 387 g/mol. The first kappa shape index (κ1) is 17.6. The van der Waals surface area contributed by atoms with Gasteiger partial charge in [0.25, 0.3) is 0 Å². The maximum Gasteiger partial charge on any atom is 0.235 e. The number of hydrogen-bond acceptors (Lipinski definition) is 4. The zero-order valence-corrected chi connectivity index (χ0v) is 16.1. The molecule has 29 heavy (non-hydrogen) atoms. The Morgan fingerprint density at radius 2 is 1.69 bits per heavy atom. The summed E-state index contributed by atoms with van der Waals surface area (Å²) in [4.78, 5) is 13.1. The van der Waals surface area contributed by atoms with Crippen molar-refractivity contribution in [3.63, 3.8) is 0 Å². The predicted octanol–water partition coefficient (Wildman–Crippen LogP) is 4.76. The summed E-state index contributed by atoms with van der Waals surface area (Å²) in [5.74, 6) is 2.26. The number of hydrogen-bond donors (Lipinski definition) is 1. The van der Waals surface area contributed by atoms with E-state index < -0.39 is 5.41 Å². The van der Waals surface area contributed by atoms with E-state index in [9.17, 15) is 4.79 Å². The lowest BCUT2D eigenvalue weighted by atomic mass is 9.94. The van der Waals surface area contributed by atoms with Crippen LogP contribution in [0.3, 0.4) is 0 Å². The van der Waals surface area contributed by atoms with Gasteiger partial charge >= 0.3 is 0 Å². The molecule has 0 radical (unpaired) electrons. The van der Waals surface area contributed by atoms with Gasteiger partial charge in [-0.1, -0.05) is 30.3 Å². The van der Waals surface area contributed by atoms with Crippen LogP contribution in [0.5, 0.6) is 17.2 Å². The van der Waals surface area contributed by atoms with Crippen LogP contribution in [0, 0.1) is 0 Å². The molecule has 2 aliphatic rings. The van der Waals surface area contributed by atoms with Crippen LogP contribution in [-0.4, -0.2) is 19.8 Å². The number of carbonyl (C=O) groups excluding carboxylic acids is 1. The summed E-state index contributed by atoms with van der Waals surface area (Å²) in [6, 6.07) is 21.5. The number of benzene rings is 3. The van der Waals surface area contributed by atoms with Gasteiger partial charge in [-0.25, -0.2) is 0 Å². The largest absolute Gasteiger partial charge is 0.497 e. The van der Waals surface area contributed by atoms with E-state index in [0.29, 0.717) is 5.75 Å². The minimum atomic E-state index is -0.493. The van der Waals surface area contributed by atoms with Gasteiger partial charge < -0.3 is 19.5 Å². The van der Waals surface area contributed by atoms with Crippen LogP contribution in [0.4, 0.5) is 5.69 Å². The average Bonchev–Trinajstić information content (AvgIpc) is 3.45. The van der Waals surface area contributed by atoms with Crippen molar-refractivity contribution in [2.24, 2.45) is 0 Å². The molecule has 0 unspecified atom stereocenters. The molecule has 146 valence electrons. The summed E-state index contributed by atoms with van der Waals surface area (Å²) in [6.45, 7) is 0.231. The van der Waals surface area contributed by atoms with Crippen LogP contribution >= 0.6 is 0 Å². The Morgan fingerprint density at radius 3 is 2.48 bits per heavy atom. The maximum atomic E-state index is 13.1. The van der Waals surface area contributed by atoms with Gasteiger partial charge in [-0.15, -0.1) is 0 Å². The van der Waals surface area contributed by atoms with Crippen molar-refractivity contribution in [2.75, 3.05) is 19.2 Å². The first-order valence-electron chi connectivity index (χ1n) is 9.64. The highest BCUT2D eigenvalue weighted by Crippen LogP contribution is 2.51. The van der Waals surface area contributed by atoms with E-state index >= 15 is 0 Å². The lowest BCUT2D eigenvalue weighted by molar-refractivity contribution is -0.118. The molecule has 1 amide bonds. The van der Waals surface area contributed by atoms with Crippen LogP contribution in [0.1, 0.15) is 18.4 Å². The maximum absolute atomic E-state index is 13.1. The molecule has 1 heterocycles. The van der Waals surface area contributed by atoms with E-state index in [1.54, 1.807) is 7.11 Å². The summed E-state index contributed by atoms with van der Waals surface area (Å²) in [5, 5.41) is 3.11. The van der Waals surface area contributed by atoms with Gasteiger partial charge in [0.05, 0.1) is 12.5 Å². The van der Waals surface area contributed by atoms with Crippen LogP contribution in [0.2, 0.25) is 0 Å². The van der Waals surface area contributed by atoms with Gasteiger partial charge in [-0.2, -0.15) is 0 Å². The second-order valence-electron chi connectivity index (χ2n) is 7.42. The number of anilines is 1. The van der Waals surface area contributed by atoms with Gasteiger partial charge in [0, 0.05) is 5.69 Å². The van der Waals surface area contributed by atoms with Crippen molar-refractivity contribution in [3.8, 4) is 28.4 Å². The van der Waals surface area contributed by atoms with Crippen LogP contribution in [0.15, 0.2) is 66.7 Å². The van der Waals surface area contributed by atoms with Crippen LogP contribution in [0.25, 0.3) is 11.1 Å².